The van der Waals surface area contributed by atoms with Crippen LogP contribution in [0.25, 0.3) is 0 Å². The quantitative estimate of drug-likeness (QED) is 0.351. The SMILES string of the molecule is [B]P(c1cc(C(C)(C)C)cc(C(C)(C)C)c1)c1cc(C(C)(C)C)cc(C(C)(C)C)c1. The van der Waals surface area contributed by atoms with E-state index in [1.807, 2.05) is 0 Å². The van der Waals surface area contributed by atoms with Crippen molar-refractivity contribution in [1.82, 2.24) is 0 Å². The molecule has 0 saturated carbocycles. The van der Waals surface area contributed by atoms with Gasteiger partial charge >= 0.3 is 0 Å². The van der Waals surface area contributed by atoms with Crippen molar-refractivity contribution in [2.24, 2.45) is 0 Å². The Labute approximate surface area is 189 Å². The van der Waals surface area contributed by atoms with E-state index in [0.717, 1.165) is 0 Å². The molecule has 0 heterocycles. The van der Waals surface area contributed by atoms with Gasteiger partial charge < -0.3 is 0 Å². The van der Waals surface area contributed by atoms with Gasteiger partial charge in [-0.2, -0.15) is 0 Å². The van der Waals surface area contributed by atoms with Crippen molar-refractivity contribution in [2.45, 2.75) is 105 Å². The molecule has 162 valence electrons. The van der Waals surface area contributed by atoms with Crippen molar-refractivity contribution in [1.29, 1.82) is 0 Å². The zero-order valence-electron chi connectivity index (χ0n) is 21.5. The first-order valence-corrected chi connectivity index (χ1v) is 12.6. The molecule has 0 unspecified atom stereocenters. The van der Waals surface area contributed by atoms with Gasteiger partial charge in [0.05, 0.1) is 0 Å². The average molecular weight is 420 g/mol. The normalized spacial score (nSPS) is 13.8. The third-order valence-electron chi connectivity index (χ3n) is 5.86. The van der Waals surface area contributed by atoms with Gasteiger partial charge in [-0.05, 0) is 54.5 Å². The highest BCUT2D eigenvalue weighted by Crippen LogP contribution is 2.37. The lowest BCUT2D eigenvalue weighted by molar-refractivity contribution is 0.569. The molecule has 0 nitrogen and oxygen atoms in total. The van der Waals surface area contributed by atoms with Crippen LogP contribution in [0.4, 0.5) is 0 Å². The Morgan fingerprint density at radius 2 is 0.633 bits per heavy atom. The molecule has 0 aromatic heterocycles. The van der Waals surface area contributed by atoms with Gasteiger partial charge in [-0.3, -0.25) is 0 Å². The summed E-state index contributed by atoms with van der Waals surface area (Å²) in [6.45, 7) is 27.4. The van der Waals surface area contributed by atoms with Gasteiger partial charge in [0.25, 0.3) is 0 Å². The summed E-state index contributed by atoms with van der Waals surface area (Å²) in [6.07, 6.45) is 0. The molecule has 0 saturated heterocycles. The summed E-state index contributed by atoms with van der Waals surface area (Å²) in [6, 6.07) is 14.1. The summed E-state index contributed by atoms with van der Waals surface area (Å²) in [5.74, 6) is 0. The Morgan fingerprint density at radius 1 is 0.433 bits per heavy atom. The Bertz CT molecular complexity index is 756. The summed E-state index contributed by atoms with van der Waals surface area (Å²) >= 11 is 0. The molecule has 30 heavy (non-hydrogen) atoms. The summed E-state index contributed by atoms with van der Waals surface area (Å²) in [4.78, 5) is 0. The highest BCUT2D eigenvalue weighted by molar-refractivity contribution is 7.94. The molecular formula is C28H42BP. The molecule has 0 spiro atoms. The van der Waals surface area contributed by atoms with E-state index >= 15 is 0 Å². The van der Waals surface area contributed by atoms with Crippen LogP contribution in [0.1, 0.15) is 105 Å². The molecule has 2 heteroatoms. The third kappa shape index (κ3) is 6.00. The molecule has 0 N–H and O–H groups in total. The Hall–Kier alpha value is -1.07. The Morgan fingerprint density at radius 3 is 0.800 bits per heavy atom. The van der Waals surface area contributed by atoms with Crippen molar-refractivity contribution in [3.05, 3.63) is 58.7 Å². The molecule has 0 aliphatic heterocycles. The molecule has 0 amide bonds. The van der Waals surface area contributed by atoms with Crippen LogP contribution in [0.5, 0.6) is 0 Å². The Kier molecular flexibility index (Phi) is 6.83. The second-order valence-corrected chi connectivity index (χ2v) is 14.7. The molecule has 0 aliphatic carbocycles. The van der Waals surface area contributed by atoms with Gasteiger partial charge in [0.2, 0.25) is 0 Å². The number of rotatable bonds is 2. The van der Waals surface area contributed by atoms with E-state index in [-0.39, 0.29) is 21.7 Å². The fourth-order valence-electron chi connectivity index (χ4n) is 3.38. The van der Waals surface area contributed by atoms with Crippen molar-refractivity contribution in [3.8, 4) is 0 Å². The van der Waals surface area contributed by atoms with Gasteiger partial charge in [-0.1, -0.05) is 127 Å². The average Bonchev–Trinajstić information content (AvgIpc) is 2.57. The second kappa shape index (κ2) is 8.13. The van der Waals surface area contributed by atoms with Crippen LogP contribution in [-0.2, 0) is 21.7 Å². The van der Waals surface area contributed by atoms with E-state index < -0.39 is 7.80 Å². The molecular weight excluding hydrogens is 378 g/mol. The summed E-state index contributed by atoms with van der Waals surface area (Å²) in [5.41, 5.74) is 5.84. The van der Waals surface area contributed by atoms with Gasteiger partial charge in [-0.15, -0.1) is 0 Å². The van der Waals surface area contributed by atoms with Crippen LogP contribution in [0.15, 0.2) is 36.4 Å². The van der Waals surface area contributed by atoms with Crippen LogP contribution in [0.3, 0.4) is 0 Å². The van der Waals surface area contributed by atoms with E-state index in [4.69, 9.17) is 7.57 Å². The minimum Gasteiger partial charge on any atom is -0.0960 e. The van der Waals surface area contributed by atoms with E-state index in [1.165, 1.54) is 32.9 Å². The first kappa shape index (κ1) is 25.2. The standard InChI is InChI=1S/C28H42BP/c1-25(2,3)19-13-20(26(4,5)6)16-23(15-19)30(29)24-17-21(27(7,8)9)14-22(18-24)28(10,11)12/h13-18H,1-12H3. The van der Waals surface area contributed by atoms with Crippen LogP contribution < -0.4 is 10.6 Å². The topological polar surface area (TPSA) is 0 Å². The second-order valence-electron chi connectivity index (χ2n) is 12.9. The smallest absolute Gasteiger partial charge is 0.0960 e. The molecule has 2 radical (unpaired) electrons. The summed E-state index contributed by atoms with van der Waals surface area (Å²) < 4.78 is 0. The molecule has 0 atom stereocenters. The third-order valence-corrected chi connectivity index (χ3v) is 7.49. The minimum absolute atomic E-state index is 0.0933. The zero-order chi connectivity index (χ0) is 23.3. The van der Waals surface area contributed by atoms with E-state index in [0.29, 0.717) is 0 Å². The first-order chi connectivity index (χ1) is 13.3. The van der Waals surface area contributed by atoms with Crippen molar-refractivity contribution in [3.63, 3.8) is 0 Å². The fourth-order valence-corrected chi connectivity index (χ4v) is 4.79. The predicted octanol–water partition coefficient (Wildman–Crippen LogP) is 7.39. The molecule has 0 fully saturated rings. The first-order valence-electron chi connectivity index (χ1n) is 11.2. The van der Waals surface area contributed by atoms with Crippen LogP contribution in [-0.4, -0.2) is 7.57 Å². The van der Waals surface area contributed by atoms with Gasteiger partial charge in [0.15, 0.2) is 0 Å². The number of hydrogen-bond acceptors (Lipinski definition) is 0. The summed E-state index contributed by atoms with van der Waals surface area (Å²) in [5, 5.41) is 2.54. The lowest BCUT2D eigenvalue weighted by Gasteiger charge is -2.30. The fraction of sp³-hybridized carbons (Fsp3) is 0.571. The lowest BCUT2D eigenvalue weighted by Crippen LogP contribution is -2.24. The number of hydrogen-bond donors (Lipinski definition) is 0. The highest BCUT2D eigenvalue weighted by atomic mass is 31.1. The van der Waals surface area contributed by atoms with Crippen LogP contribution in [0, 0.1) is 0 Å². The van der Waals surface area contributed by atoms with Crippen molar-refractivity contribution >= 4 is 26.0 Å². The predicted molar refractivity (Wildman–Crippen MR) is 140 cm³/mol. The maximum atomic E-state index is 7.03. The van der Waals surface area contributed by atoms with Crippen molar-refractivity contribution in [2.75, 3.05) is 0 Å². The maximum absolute atomic E-state index is 7.03. The largest absolute Gasteiger partial charge is 0.121 e. The zero-order valence-corrected chi connectivity index (χ0v) is 22.4. The number of benzene rings is 2. The minimum atomic E-state index is -0.924. The van der Waals surface area contributed by atoms with Gasteiger partial charge in [0.1, 0.15) is 7.57 Å². The van der Waals surface area contributed by atoms with E-state index in [1.54, 1.807) is 0 Å². The molecule has 2 aromatic carbocycles. The van der Waals surface area contributed by atoms with Crippen LogP contribution in [0.2, 0.25) is 0 Å². The lowest BCUT2D eigenvalue weighted by atomic mass is 9.81. The molecule has 0 bridgehead atoms. The molecule has 0 aliphatic rings. The van der Waals surface area contributed by atoms with E-state index in [2.05, 4.69) is 119 Å². The van der Waals surface area contributed by atoms with Gasteiger partial charge in [0, 0.05) is 0 Å². The van der Waals surface area contributed by atoms with Crippen molar-refractivity contribution < 1.29 is 0 Å². The highest BCUT2D eigenvalue weighted by Gasteiger charge is 2.25. The Balaban J connectivity index is 2.72. The molecule has 2 aromatic rings. The van der Waals surface area contributed by atoms with Crippen LogP contribution >= 0.6 is 7.80 Å². The summed E-state index contributed by atoms with van der Waals surface area (Å²) in [7, 11) is 6.11. The monoisotopic (exact) mass is 420 g/mol. The van der Waals surface area contributed by atoms with E-state index in [9.17, 15) is 0 Å². The maximum Gasteiger partial charge on any atom is 0.121 e. The molecule has 2 rings (SSSR count). The van der Waals surface area contributed by atoms with Gasteiger partial charge in [-0.25, -0.2) is 0 Å².